The Hall–Kier alpha value is -2.96. The first-order chi connectivity index (χ1) is 11.9. The zero-order valence-electron chi connectivity index (χ0n) is 13.2. The summed E-state index contributed by atoms with van der Waals surface area (Å²) >= 11 is 0. The van der Waals surface area contributed by atoms with Crippen LogP contribution in [0, 0.1) is 6.92 Å². The van der Waals surface area contributed by atoms with Gasteiger partial charge in [0.15, 0.2) is 5.84 Å². The summed E-state index contributed by atoms with van der Waals surface area (Å²) in [6.45, 7) is 1.71. The zero-order valence-corrected chi connectivity index (χ0v) is 13.2. The SMILES string of the molecule is Cc1ccc(C2=NC(c3ccc4nc[nH]c4c3)=NC2)cc1C(F)(F)F. The van der Waals surface area contributed by atoms with Crippen LogP contribution in [-0.4, -0.2) is 28.1 Å². The fourth-order valence-corrected chi connectivity index (χ4v) is 2.84. The van der Waals surface area contributed by atoms with E-state index in [0.717, 1.165) is 22.7 Å². The molecule has 0 fully saturated rings. The summed E-state index contributed by atoms with van der Waals surface area (Å²) in [5.74, 6) is 0.514. The lowest BCUT2D eigenvalue weighted by molar-refractivity contribution is -0.138. The fraction of sp³-hybridized carbons (Fsp3) is 0.167. The van der Waals surface area contributed by atoms with Gasteiger partial charge in [0, 0.05) is 5.56 Å². The van der Waals surface area contributed by atoms with Crippen molar-refractivity contribution in [2.45, 2.75) is 13.1 Å². The summed E-state index contributed by atoms with van der Waals surface area (Å²) in [6, 6.07) is 9.85. The van der Waals surface area contributed by atoms with Gasteiger partial charge in [0.1, 0.15) is 0 Å². The van der Waals surface area contributed by atoms with E-state index >= 15 is 0 Å². The number of nitrogens with one attached hydrogen (secondary N) is 1. The number of aryl methyl sites for hydroxylation is 1. The van der Waals surface area contributed by atoms with Gasteiger partial charge in [-0.3, -0.25) is 4.99 Å². The van der Waals surface area contributed by atoms with Crippen LogP contribution in [0.4, 0.5) is 13.2 Å². The molecule has 2 aromatic carbocycles. The maximum atomic E-state index is 13.1. The topological polar surface area (TPSA) is 53.4 Å². The summed E-state index contributed by atoms with van der Waals surface area (Å²) in [7, 11) is 0. The molecule has 3 aromatic rings. The van der Waals surface area contributed by atoms with Crippen molar-refractivity contribution in [3.8, 4) is 0 Å². The highest BCUT2D eigenvalue weighted by Gasteiger charge is 2.33. The Morgan fingerprint density at radius 3 is 2.64 bits per heavy atom. The first-order valence-electron chi connectivity index (χ1n) is 7.65. The van der Waals surface area contributed by atoms with Crippen molar-refractivity contribution in [3.05, 3.63) is 65.0 Å². The van der Waals surface area contributed by atoms with Crippen molar-refractivity contribution < 1.29 is 13.2 Å². The molecule has 0 bridgehead atoms. The van der Waals surface area contributed by atoms with Crippen molar-refractivity contribution in [2.24, 2.45) is 9.98 Å². The zero-order chi connectivity index (χ0) is 17.6. The number of aliphatic imine (C=N–C) groups is 2. The molecule has 0 atom stereocenters. The van der Waals surface area contributed by atoms with Crippen LogP contribution in [0.1, 0.15) is 22.3 Å². The Balaban J connectivity index is 1.68. The molecule has 0 unspecified atom stereocenters. The second-order valence-electron chi connectivity index (χ2n) is 5.86. The molecule has 4 rings (SSSR count). The highest BCUT2D eigenvalue weighted by molar-refractivity contribution is 6.17. The average molecular weight is 342 g/mol. The number of hydrogen-bond acceptors (Lipinski definition) is 3. The second kappa shape index (κ2) is 5.54. The largest absolute Gasteiger partial charge is 0.416 e. The maximum Gasteiger partial charge on any atom is 0.416 e. The van der Waals surface area contributed by atoms with E-state index in [2.05, 4.69) is 20.0 Å². The fourth-order valence-electron chi connectivity index (χ4n) is 2.84. The van der Waals surface area contributed by atoms with E-state index in [1.54, 1.807) is 12.4 Å². The van der Waals surface area contributed by atoms with Crippen molar-refractivity contribution >= 4 is 22.6 Å². The third-order valence-corrected chi connectivity index (χ3v) is 4.17. The normalized spacial score (nSPS) is 14.7. The molecule has 0 saturated heterocycles. The number of benzene rings is 2. The first-order valence-corrected chi connectivity index (χ1v) is 7.65. The van der Waals surface area contributed by atoms with E-state index in [9.17, 15) is 13.2 Å². The predicted octanol–water partition coefficient (Wildman–Crippen LogP) is 4.14. The summed E-state index contributed by atoms with van der Waals surface area (Å²) in [5, 5.41) is 0. The number of nitrogens with zero attached hydrogens (tertiary/aromatic N) is 3. The first kappa shape index (κ1) is 15.6. The molecule has 0 radical (unpaired) electrons. The Morgan fingerprint density at radius 1 is 1.04 bits per heavy atom. The number of H-pyrrole nitrogens is 1. The van der Waals surface area contributed by atoms with E-state index in [1.165, 1.54) is 13.0 Å². The number of aromatic amines is 1. The molecule has 0 spiro atoms. The molecule has 1 aliphatic rings. The van der Waals surface area contributed by atoms with Crippen LogP contribution in [0.2, 0.25) is 0 Å². The lowest BCUT2D eigenvalue weighted by Gasteiger charge is -2.11. The van der Waals surface area contributed by atoms with Crippen LogP contribution < -0.4 is 0 Å². The molecule has 2 heterocycles. The molecule has 1 N–H and O–H groups in total. The van der Waals surface area contributed by atoms with Gasteiger partial charge in [-0.05, 0) is 42.3 Å². The highest BCUT2D eigenvalue weighted by Crippen LogP contribution is 2.32. The molecule has 25 heavy (non-hydrogen) atoms. The number of fused-ring (bicyclic) bond motifs is 1. The smallest absolute Gasteiger partial charge is 0.345 e. The van der Waals surface area contributed by atoms with E-state index in [1.807, 2.05) is 18.2 Å². The summed E-state index contributed by atoms with van der Waals surface area (Å²) in [6.07, 6.45) is -2.78. The number of imidazole rings is 1. The monoisotopic (exact) mass is 342 g/mol. The minimum atomic E-state index is -4.38. The van der Waals surface area contributed by atoms with Gasteiger partial charge in [-0.15, -0.1) is 0 Å². The molecule has 0 amide bonds. The molecule has 1 aromatic heterocycles. The van der Waals surface area contributed by atoms with Gasteiger partial charge < -0.3 is 4.98 Å². The van der Waals surface area contributed by atoms with E-state index < -0.39 is 11.7 Å². The number of hydrogen-bond donors (Lipinski definition) is 1. The standard InChI is InChI=1S/C18H13F3N4/c1-10-2-3-11(6-13(10)18(19,20)21)16-8-22-17(25-16)12-4-5-14-15(7-12)24-9-23-14/h2-7,9H,8H2,1H3,(H,23,24). The van der Waals surface area contributed by atoms with Crippen LogP contribution in [0.3, 0.4) is 0 Å². The average Bonchev–Trinajstić information content (AvgIpc) is 3.22. The molecule has 1 aliphatic heterocycles. The highest BCUT2D eigenvalue weighted by atomic mass is 19.4. The molecule has 0 aliphatic carbocycles. The number of alkyl halides is 3. The lowest BCUT2D eigenvalue weighted by Crippen LogP contribution is -2.10. The van der Waals surface area contributed by atoms with Crippen molar-refractivity contribution in [3.63, 3.8) is 0 Å². The molecule has 4 nitrogen and oxygen atoms in total. The Kier molecular flexibility index (Phi) is 3.45. The van der Waals surface area contributed by atoms with E-state index in [-0.39, 0.29) is 12.1 Å². The quantitative estimate of drug-likeness (QED) is 0.748. The molecule has 7 heteroatoms. The predicted molar refractivity (Wildman–Crippen MR) is 90.2 cm³/mol. The van der Waals surface area contributed by atoms with Gasteiger partial charge in [-0.25, -0.2) is 9.98 Å². The Labute approximate surface area is 141 Å². The third kappa shape index (κ3) is 2.82. The van der Waals surface area contributed by atoms with Crippen LogP contribution in [0.25, 0.3) is 11.0 Å². The summed E-state index contributed by atoms with van der Waals surface area (Å²) in [4.78, 5) is 16.0. The third-order valence-electron chi connectivity index (χ3n) is 4.17. The minimum Gasteiger partial charge on any atom is -0.345 e. The molecule has 126 valence electrons. The van der Waals surface area contributed by atoms with Gasteiger partial charge in [0.25, 0.3) is 0 Å². The van der Waals surface area contributed by atoms with Crippen molar-refractivity contribution in [2.75, 3.05) is 6.54 Å². The minimum absolute atomic E-state index is 0.195. The number of rotatable bonds is 2. The van der Waals surface area contributed by atoms with Gasteiger partial charge in [0.05, 0.1) is 35.2 Å². The van der Waals surface area contributed by atoms with Crippen LogP contribution in [0.15, 0.2) is 52.7 Å². The second-order valence-corrected chi connectivity index (χ2v) is 5.86. The van der Waals surface area contributed by atoms with Gasteiger partial charge >= 0.3 is 6.18 Å². The summed E-state index contributed by atoms with van der Waals surface area (Å²) < 4.78 is 39.3. The van der Waals surface area contributed by atoms with Crippen molar-refractivity contribution in [1.29, 1.82) is 0 Å². The number of amidine groups is 1. The van der Waals surface area contributed by atoms with Crippen LogP contribution in [0.5, 0.6) is 0 Å². The molecule has 0 saturated carbocycles. The maximum absolute atomic E-state index is 13.1. The van der Waals surface area contributed by atoms with Gasteiger partial charge in [-0.2, -0.15) is 13.2 Å². The Morgan fingerprint density at radius 2 is 1.84 bits per heavy atom. The number of halogens is 3. The number of aromatic nitrogens is 2. The van der Waals surface area contributed by atoms with Gasteiger partial charge in [-0.1, -0.05) is 12.1 Å². The summed E-state index contributed by atoms with van der Waals surface area (Å²) in [5.41, 5.74) is 3.03. The van der Waals surface area contributed by atoms with E-state index in [0.29, 0.717) is 17.1 Å². The van der Waals surface area contributed by atoms with E-state index in [4.69, 9.17) is 0 Å². The molecular weight excluding hydrogens is 329 g/mol. The van der Waals surface area contributed by atoms with Gasteiger partial charge in [0.2, 0.25) is 0 Å². The lowest BCUT2D eigenvalue weighted by atomic mass is 10.0. The van der Waals surface area contributed by atoms with Crippen molar-refractivity contribution in [1.82, 2.24) is 9.97 Å². The molecular formula is C18H13F3N4. The Bertz CT molecular complexity index is 1030. The van der Waals surface area contributed by atoms with Crippen LogP contribution in [-0.2, 0) is 6.18 Å². The van der Waals surface area contributed by atoms with Crippen LogP contribution >= 0.6 is 0 Å².